The van der Waals surface area contributed by atoms with Crippen molar-refractivity contribution in [1.82, 2.24) is 4.98 Å². The Morgan fingerprint density at radius 1 is 1.32 bits per heavy atom. The first-order chi connectivity index (χ1) is 9.22. The molecule has 0 atom stereocenters. The van der Waals surface area contributed by atoms with E-state index >= 15 is 0 Å². The summed E-state index contributed by atoms with van der Waals surface area (Å²) in [5, 5.41) is 0. The van der Waals surface area contributed by atoms with Crippen LogP contribution in [0.4, 0.5) is 5.82 Å². The van der Waals surface area contributed by atoms with Crippen LogP contribution in [0.15, 0.2) is 12.1 Å². The van der Waals surface area contributed by atoms with Gasteiger partial charge in [-0.15, -0.1) is 11.6 Å². The minimum Gasteiger partial charge on any atom is -0.359 e. The summed E-state index contributed by atoms with van der Waals surface area (Å²) in [6, 6.07) is 4.28. The van der Waals surface area contributed by atoms with Crippen LogP contribution in [-0.2, 0) is 12.3 Å². The van der Waals surface area contributed by atoms with Crippen LogP contribution in [-0.4, -0.2) is 18.6 Å². The van der Waals surface area contributed by atoms with Gasteiger partial charge in [0.1, 0.15) is 5.82 Å². The Kier molecular flexibility index (Phi) is 5.50. The van der Waals surface area contributed by atoms with Gasteiger partial charge in [-0.05, 0) is 42.9 Å². The van der Waals surface area contributed by atoms with Gasteiger partial charge in [-0.25, -0.2) is 4.98 Å². The molecule has 1 heterocycles. The molecular weight excluding hydrogens is 256 g/mol. The summed E-state index contributed by atoms with van der Waals surface area (Å²) in [4.78, 5) is 7.09. The summed E-state index contributed by atoms with van der Waals surface area (Å²) in [7, 11) is 2.16. The van der Waals surface area contributed by atoms with E-state index in [1.807, 2.05) is 0 Å². The maximum absolute atomic E-state index is 6.00. The van der Waals surface area contributed by atoms with Crippen LogP contribution in [0.2, 0.25) is 0 Å². The van der Waals surface area contributed by atoms with Crippen LogP contribution in [0.5, 0.6) is 0 Å². The third-order valence-electron chi connectivity index (χ3n) is 3.98. The minimum atomic E-state index is 0.573. The molecule has 1 aromatic heterocycles. The van der Waals surface area contributed by atoms with E-state index < -0.39 is 0 Å². The lowest BCUT2D eigenvalue weighted by Crippen LogP contribution is -2.25. The van der Waals surface area contributed by atoms with Crippen molar-refractivity contribution in [2.75, 3.05) is 18.5 Å². The van der Waals surface area contributed by atoms with Crippen molar-refractivity contribution < 1.29 is 0 Å². The molecule has 2 rings (SSSR count). The van der Waals surface area contributed by atoms with Crippen molar-refractivity contribution >= 4 is 17.4 Å². The molecule has 0 unspecified atom stereocenters. The molecule has 0 N–H and O–H groups in total. The summed E-state index contributed by atoms with van der Waals surface area (Å²) in [6.07, 6.45) is 7.71. The lowest BCUT2D eigenvalue weighted by molar-refractivity contribution is 0.544. The van der Waals surface area contributed by atoms with Crippen molar-refractivity contribution in [3.8, 4) is 0 Å². The fourth-order valence-electron chi connectivity index (χ4n) is 2.96. The van der Waals surface area contributed by atoms with E-state index in [0.29, 0.717) is 5.88 Å². The molecule has 0 amide bonds. The normalized spacial score (nSPS) is 15.9. The van der Waals surface area contributed by atoms with Crippen molar-refractivity contribution in [2.45, 2.75) is 51.3 Å². The maximum Gasteiger partial charge on any atom is 0.128 e. The molecule has 0 spiro atoms. The third kappa shape index (κ3) is 4.10. The number of hydrogen-bond acceptors (Lipinski definition) is 2. The number of nitrogens with zero attached hydrogens (tertiary/aromatic N) is 2. The number of halogens is 1. The van der Waals surface area contributed by atoms with E-state index in [9.17, 15) is 0 Å². The second-order valence-corrected chi connectivity index (χ2v) is 6.01. The lowest BCUT2D eigenvalue weighted by Gasteiger charge is -2.23. The van der Waals surface area contributed by atoms with E-state index in [0.717, 1.165) is 31.1 Å². The van der Waals surface area contributed by atoms with Gasteiger partial charge in [0.15, 0.2) is 0 Å². The maximum atomic E-state index is 6.00. The number of alkyl halides is 1. The van der Waals surface area contributed by atoms with Gasteiger partial charge in [-0.2, -0.15) is 0 Å². The summed E-state index contributed by atoms with van der Waals surface area (Å²) < 4.78 is 0. The molecule has 0 saturated heterocycles. The predicted molar refractivity (Wildman–Crippen MR) is 83.0 cm³/mol. The molecule has 106 valence electrons. The van der Waals surface area contributed by atoms with Gasteiger partial charge in [0.25, 0.3) is 0 Å². The molecule has 19 heavy (non-hydrogen) atoms. The van der Waals surface area contributed by atoms with E-state index in [-0.39, 0.29) is 0 Å². The first-order valence-corrected chi connectivity index (χ1v) is 8.03. The van der Waals surface area contributed by atoms with Crippen LogP contribution in [0.3, 0.4) is 0 Å². The summed E-state index contributed by atoms with van der Waals surface area (Å²) >= 11 is 6.00. The summed E-state index contributed by atoms with van der Waals surface area (Å²) in [5.74, 6) is 2.51. The zero-order chi connectivity index (χ0) is 13.7. The number of pyridine rings is 1. The topological polar surface area (TPSA) is 16.1 Å². The van der Waals surface area contributed by atoms with E-state index in [1.54, 1.807) is 0 Å². The molecular formula is C16H25ClN2. The molecule has 1 aliphatic carbocycles. The molecule has 2 nitrogen and oxygen atoms in total. The van der Waals surface area contributed by atoms with E-state index in [4.69, 9.17) is 16.6 Å². The Hall–Kier alpha value is -0.760. The zero-order valence-corrected chi connectivity index (χ0v) is 12.9. The van der Waals surface area contributed by atoms with E-state index in [2.05, 4.69) is 31.0 Å². The first-order valence-electron chi connectivity index (χ1n) is 7.50. The smallest absolute Gasteiger partial charge is 0.128 e. The lowest BCUT2D eigenvalue weighted by atomic mass is 10.1. The van der Waals surface area contributed by atoms with E-state index in [1.165, 1.54) is 36.9 Å². The Labute approximate surface area is 122 Å². The van der Waals surface area contributed by atoms with Crippen LogP contribution in [0.1, 0.15) is 50.3 Å². The molecule has 1 saturated carbocycles. The average Bonchev–Trinajstić information content (AvgIpc) is 2.91. The van der Waals surface area contributed by atoms with Crippen LogP contribution in [0, 0.1) is 5.92 Å². The zero-order valence-electron chi connectivity index (χ0n) is 12.2. The number of anilines is 1. The minimum absolute atomic E-state index is 0.573. The van der Waals surface area contributed by atoms with Gasteiger partial charge in [0.2, 0.25) is 0 Å². The highest BCUT2D eigenvalue weighted by Crippen LogP contribution is 2.27. The number of aromatic nitrogens is 1. The van der Waals surface area contributed by atoms with Crippen molar-refractivity contribution in [3.05, 3.63) is 23.4 Å². The molecule has 1 aliphatic rings. The fraction of sp³-hybridized carbons (Fsp3) is 0.688. The highest BCUT2D eigenvalue weighted by molar-refractivity contribution is 6.17. The first kappa shape index (κ1) is 14.6. The standard InChI is InChI=1S/C16H25ClN2/c1-3-6-15-9-14(11-17)10-16(18-15)19(2)12-13-7-4-5-8-13/h9-10,13H,3-8,11-12H2,1-2H3. The average molecular weight is 281 g/mol. The Morgan fingerprint density at radius 3 is 2.68 bits per heavy atom. The fourth-order valence-corrected chi connectivity index (χ4v) is 3.12. The Balaban J connectivity index is 2.09. The highest BCUT2D eigenvalue weighted by Gasteiger charge is 2.18. The van der Waals surface area contributed by atoms with Gasteiger partial charge >= 0.3 is 0 Å². The second kappa shape index (κ2) is 7.14. The van der Waals surface area contributed by atoms with Crippen LogP contribution >= 0.6 is 11.6 Å². The molecule has 0 aliphatic heterocycles. The molecule has 1 aromatic rings. The monoisotopic (exact) mass is 280 g/mol. The van der Waals surface area contributed by atoms with Crippen LogP contribution < -0.4 is 4.90 Å². The molecule has 0 radical (unpaired) electrons. The predicted octanol–water partition coefficient (Wildman–Crippen LogP) is 4.40. The SMILES string of the molecule is CCCc1cc(CCl)cc(N(C)CC2CCCC2)n1. The second-order valence-electron chi connectivity index (χ2n) is 5.74. The van der Waals surface area contributed by atoms with Crippen molar-refractivity contribution in [1.29, 1.82) is 0 Å². The Morgan fingerprint density at radius 2 is 2.05 bits per heavy atom. The largest absolute Gasteiger partial charge is 0.359 e. The number of aryl methyl sites for hydroxylation is 1. The third-order valence-corrected chi connectivity index (χ3v) is 4.29. The molecule has 3 heteroatoms. The molecule has 0 aromatic carbocycles. The Bertz CT molecular complexity index is 400. The van der Waals surface area contributed by atoms with Crippen molar-refractivity contribution in [2.24, 2.45) is 5.92 Å². The van der Waals surface area contributed by atoms with Gasteiger partial charge in [-0.3, -0.25) is 0 Å². The van der Waals surface area contributed by atoms with Gasteiger partial charge in [-0.1, -0.05) is 26.2 Å². The highest BCUT2D eigenvalue weighted by atomic mass is 35.5. The van der Waals surface area contributed by atoms with Crippen molar-refractivity contribution in [3.63, 3.8) is 0 Å². The number of hydrogen-bond donors (Lipinski definition) is 0. The van der Waals surface area contributed by atoms with Gasteiger partial charge < -0.3 is 4.90 Å². The van der Waals surface area contributed by atoms with Crippen LogP contribution in [0.25, 0.3) is 0 Å². The molecule has 0 bridgehead atoms. The summed E-state index contributed by atoms with van der Waals surface area (Å²) in [6.45, 7) is 3.32. The molecule has 1 fully saturated rings. The number of rotatable bonds is 6. The quantitative estimate of drug-likeness (QED) is 0.718. The van der Waals surface area contributed by atoms with Gasteiger partial charge in [0.05, 0.1) is 0 Å². The van der Waals surface area contributed by atoms with Gasteiger partial charge in [0, 0.05) is 25.2 Å². The summed E-state index contributed by atoms with van der Waals surface area (Å²) in [5.41, 5.74) is 2.36.